The van der Waals surface area contributed by atoms with Gasteiger partial charge in [-0.3, -0.25) is 9.78 Å². The molecule has 47 heavy (non-hydrogen) atoms. The average molecular weight is 682 g/mol. The zero-order valence-electron chi connectivity index (χ0n) is 25.1. The van der Waals surface area contributed by atoms with Crippen LogP contribution in [0.3, 0.4) is 0 Å². The molecule has 4 aromatic rings. The highest BCUT2D eigenvalue weighted by Gasteiger charge is 2.45. The van der Waals surface area contributed by atoms with Crippen LogP contribution < -0.4 is 15.4 Å². The minimum Gasteiger partial charge on any atom is -0.433 e. The molecule has 1 spiro atoms. The summed E-state index contributed by atoms with van der Waals surface area (Å²) in [5, 5.41) is 4.20. The number of anilines is 1. The van der Waals surface area contributed by atoms with Gasteiger partial charge < -0.3 is 19.9 Å². The number of rotatable bonds is 9. The summed E-state index contributed by atoms with van der Waals surface area (Å²) in [6.45, 7) is -1.97. The number of carbonyl (C=O) groups is 1. The van der Waals surface area contributed by atoms with Gasteiger partial charge >= 0.3 is 6.61 Å². The van der Waals surface area contributed by atoms with E-state index in [1.165, 1.54) is 5.57 Å². The fourth-order valence-corrected chi connectivity index (χ4v) is 9.09. The number of hydrogen-bond donors (Lipinski definition) is 1. The minimum absolute atomic E-state index is 0.0145. The van der Waals surface area contributed by atoms with Gasteiger partial charge in [-0.05, 0) is 86.3 Å². The zero-order chi connectivity index (χ0) is 32.7. The molecule has 1 aliphatic heterocycles. The number of halogens is 3. The van der Waals surface area contributed by atoms with E-state index in [1.54, 1.807) is 36.5 Å². The molecule has 1 saturated heterocycles. The monoisotopic (exact) mass is 681 g/mol. The highest BCUT2D eigenvalue weighted by atomic mass is 35.5. The van der Waals surface area contributed by atoms with Crippen LogP contribution in [0.25, 0.3) is 27.9 Å². The molecule has 14 heteroatoms. The van der Waals surface area contributed by atoms with Gasteiger partial charge in [-0.1, -0.05) is 22.8 Å². The van der Waals surface area contributed by atoms with Crippen molar-refractivity contribution in [3.8, 4) is 17.1 Å². The topological polar surface area (TPSA) is 142 Å². The number of piperidine rings is 1. The summed E-state index contributed by atoms with van der Waals surface area (Å²) < 4.78 is 64.8. The third kappa shape index (κ3) is 5.23. The number of nitrogens with zero attached hydrogens (tertiary/aromatic N) is 4. The van der Waals surface area contributed by atoms with Crippen molar-refractivity contribution in [2.45, 2.75) is 67.6 Å². The standard InChI is InChI=1S/C33H30ClF2N5O5S/c34-22-2-1-11-38-25(22)26-24(28(46-40-26)17-3-4-17)18-15-33(16-18)9-12-41(13-10-33)19-5-8-23-21(14-19)29(45-32(35)36)30(27(39-23)31(37)42)47(43,44)20-6-7-20/h1-2,5,8,11,14-15,17,20,32H,3-4,6-7,9-10,12-13,16H2,(H2,37,42). The summed E-state index contributed by atoms with van der Waals surface area (Å²) in [5.74, 6) is -0.464. The van der Waals surface area contributed by atoms with E-state index in [9.17, 15) is 22.0 Å². The molecule has 4 heterocycles. The van der Waals surface area contributed by atoms with Crippen molar-refractivity contribution in [3.05, 3.63) is 64.6 Å². The molecule has 4 aliphatic rings. The largest absolute Gasteiger partial charge is 0.433 e. The van der Waals surface area contributed by atoms with E-state index in [0.717, 1.165) is 43.4 Å². The molecule has 3 aliphatic carbocycles. The summed E-state index contributed by atoms with van der Waals surface area (Å²) in [6.07, 6.45) is 9.40. The fourth-order valence-electron chi connectivity index (χ4n) is 6.95. The van der Waals surface area contributed by atoms with Gasteiger partial charge in [-0.2, -0.15) is 8.78 Å². The van der Waals surface area contributed by atoms with E-state index >= 15 is 0 Å². The molecule has 8 rings (SSSR count). The predicted octanol–water partition coefficient (Wildman–Crippen LogP) is 6.53. The second kappa shape index (κ2) is 11.0. The first-order valence-electron chi connectivity index (χ1n) is 15.6. The maximum Gasteiger partial charge on any atom is 0.387 e. The van der Waals surface area contributed by atoms with Gasteiger partial charge in [0, 0.05) is 36.3 Å². The Hall–Kier alpha value is -4.10. The van der Waals surface area contributed by atoms with Gasteiger partial charge in [0.15, 0.2) is 21.3 Å². The van der Waals surface area contributed by atoms with Crippen LogP contribution in [0.5, 0.6) is 5.75 Å². The van der Waals surface area contributed by atoms with Crippen LogP contribution in [-0.4, -0.2) is 54.4 Å². The van der Waals surface area contributed by atoms with E-state index in [1.807, 2.05) is 0 Å². The van der Waals surface area contributed by atoms with Crippen molar-refractivity contribution in [1.82, 2.24) is 15.1 Å². The number of fused-ring (bicyclic) bond motifs is 1. The molecule has 1 aromatic carbocycles. The van der Waals surface area contributed by atoms with Gasteiger partial charge in [0.05, 0.1) is 21.4 Å². The van der Waals surface area contributed by atoms with Crippen molar-refractivity contribution in [1.29, 1.82) is 0 Å². The highest BCUT2D eigenvalue weighted by molar-refractivity contribution is 7.92. The summed E-state index contributed by atoms with van der Waals surface area (Å²) in [7, 11) is -4.17. The molecule has 10 nitrogen and oxygen atoms in total. The Kier molecular flexibility index (Phi) is 7.07. The third-order valence-electron chi connectivity index (χ3n) is 9.68. The molecule has 3 fully saturated rings. The van der Waals surface area contributed by atoms with E-state index in [4.69, 9.17) is 26.6 Å². The van der Waals surface area contributed by atoms with Crippen molar-refractivity contribution < 1.29 is 31.3 Å². The number of nitrogens with two attached hydrogens (primary N) is 1. The number of amides is 1. The van der Waals surface area contributed by atoms with Gasteiger partial charge in [-0.25, -0.2) is 13.4 Å². The van der Waals surface area contributed by atoms with Crippen molar-refractivity contribution >= 4 is 49.5 Å². The third-order valence-corrected chi connectivity index (χ3v) is 12.3. The Labute approximate surface area is 273 Å². The van der Waals surface area contributed by atoms with Crippen molar-refractivity contribution in [2.75, 3.05) is 18.0 Å². The zero-order valence-corrected chi connectivity index (χ0v) is 26.7. The number of carbonyl (C=O) groups excluding carboxylic acids is 1. The smallest absolute Gasteiger partial charge is 0.387 e. The number of primary amides is 1. The molecule has 0 bridgehead atoms. The molecule has 0 atom stereocenters. The van der Waals surface area contributed by atoms with Crippen LogP contribution in [0.1, 0.15) is 72.7 Å². The number of aromatic nitrogens is 3. The van der Waals surface area contributed by atoms with Gasteiger partial charge in [0.2, 0.25) is 0 Å². The summed E-state index contributed by atoms with van der Waals surface area (Å²) in [4.78, 5) is 22.4. The lowest BCUT2D eigenvalue weighted by Gasteiger charge is -2.47. The van der Waals surface area contributed by atoms with Gasteiger partial charge in [0.25, 0.3) is 5.91 Å². The summed E-state index contributed by atoms with van der Waals surface area (Å²) in [5.41, 5.74) is 9.18. The van der Waals surface area contributed by atoms with Crippen LogP contribution in [0, 0.1) is 5.41 Å². The summed E-state index contributed by atoms with van der Waals surface area (Å²) in [6, 6.07) is 8.54. The molecule has 3 aromatic heterocycles. The first kappa shape index (κ1) is 30.2. The lowest BCUT2D eigenvalue weighted by molar-refractivity contribution is -0.0507. The van der Waals surface area contributed by atoms with Crippen LogP contribution in [0.4, 0.5) is 14.5 Å². The van der Waals surface area contributed by atoms with Crippen LogP contribution in [0.2, 0.25) is 5.02 Å². The Morgan fingerprint density at radius 3 is 2.51 bits per heavy atom. The number of hydrogen-bond acceptors (Lipinski definition) is 9. The molecule has 2 N–H and O–H groups in total. The second-order valence-corrected chi connectivity index (χ2v) is 15.5. The Morgan fingerprint density at radius 1 is 1.13 bits per heavy atom. The van der Waals surface area contributed by atoms with E-state index in [2.05, 4.69) is 26.1 Å². The molecule has 244 valence electrons. The van der Waals surface area contributed by atoms with Crippen molar-refractivity contribution in [3.63, 3.8) is 0 Å². The molecule has 2 saturated carbocycles. The van der Waals surface area contributed by atoms with Gasteiger partial charge in [0.1, 0.15) is 22.0 Å². The molecule has 0 radical (unpaired) electrons. The number of alkyl halides is 2. The highest BCUT2D eigenvalue weighted by Crippen LogP contribution is 2.56. The number of allylic oxidation sites excluding steroid dienone is 2. The maximum atomic E-state index is 13.7. The SMILES string of the molecule is NC(=O)c1nc2ccc(N3CCC4(C=C(c5c(-c6ncccc6Cl)noc5C5CC5)C4)CC3)cc2c(OC(F)F)c1S(=O)(=O)C1CC1. The molecular weight excluding hydrogens is 652 g/mol. The number of pyridine rings is 2. The molecule has 0 unspecified atom stereocenters. The lowest BCUT2D eigenvalue weighted by atomic mass is 9.63. The van der Waals surface area contributed by atoms with Crippen molar-refractivity contribution in [2.24, 2.45) is 11.1 Å². The number of sulfone groups is 1. The predicted molar refractivity (Wildman–Crippen MR) is 170 cm³/mol. The average Bonchev–Trinajstić information content (AvgIpc) is 3.97. The van der Waals surface area contributed by atoms with E-state index in [-0.39, 0.29) is 16.3 Å². The Morgan fingerprint density at radius 2 is 1.87 bits per heavy atom. The summed E-state index contributed by atoms with van der Waals surface area (Å²) >= 11 is 6.49. The Bertz CT molecular complexity index is 2090. The first-order chi connectivity index (χ1) is 22.5. The first-order valence-corrected chi connectivity index (χ1v) is 17.5. The van der Waals surface area contributed by atoms with Crippen LogP contribution >= 0.6 is 11.6 Å². The number of ether oxygens (including phenoxy) is 1. The maximum absolute atomic E-state index is 13.7. The Balaban J connectivity index is 1.09. The van der Waals surface area contributed by atoms with Gasteiger partial charge in [-0.15, -0.1) is 0 Å². The van der Waals surface area contributed by atoms with E-state index in [0.29, 0.717) is 53.9 Å². The normalized spacial score (nSPS) is 19.2. The second-order valence-electron chi connectivity index (χ2n) is 12.9. The van der Waals surface area contributed by atoms with Crippen LogP contribution in [-0.2, 0) is 9.84 Å². The van der Waals surface area contributed by atoms with E-state index < -0.39 is 43.9 Å². The lowest BCUT2D eigenvalue weighted by Crippen LogP contribution is -2.42. The number of benzene rings is 1. The molecular formula is C33H30ClF2N5O5S. The van der Waals surface area contributed by atoms with Crippen LogP contribution in [0.15, 0.2) is 52.0 Å². The molecule has 1 amide bonds. The minimum atomic E-state index is -4.17. The fraction of sp³-hybridized carbons (Fsp3) is 0.394. The quantitative estimate of drug-likeness (QED) is 0.209.